The number of rotatable bonds is 7. The maximum absolute atomic E-state index is 11.4. The highest BCUT2D eigenvalue weighted by Gasteiger charge is 2.16. The Hall–Kier alpha value is -1.87. The summed E-state index contributed by atoms with van der Waals surface area (Å²) < 4.78 is 22.9. The average molecular weight is 404 g/mol. The molecule has 0 saturated heterocycles. The fourth-order valence-electron chi connectivity index (χ4n) is 2.19. The molecule has 0 bridgehead atoms. The highest BCUT2D eigenvalue weighted by Crippen LogP contribution is 2.24. The van der Waals surface area contributed by atoms with Crippen LogP contribution in [0, 0.1) is 10.1 Å². The van der Waals surface area contributed by atoms with Gasteiger partial charge in [0.1, 0.15) is 0 Å². The molecular formula is C15H15Cl2N3O4S. The predicted molar refractivity (Wildman–Crippen MR) is 97.7 cm³/mol. The van der Waals surface area contributed by atoms with Gasteiger partial charge < -0.3 is 5.32 Å². The van der Waals surface area contributed by atoms with Gasteiger partial charge in [-0.15, -0.1) is 0 Å². The molecule has 10 heteroatoms. The third kappa shape index (κ3) is 5.57. The van der Waals surface area contributed by atoms with Gasteiger partial charge in [0, 0.05) is 34.4 Å². The minimum atomic E-state index is -4.04. The molecule has 0 aliphatic heterocycles. The number of halogens is 2. The zero-order valence-corrected chi connectivity index (χ0v) is 15.2. The Balaban J connectivity index is 2.05. The molecule has 2 aromatic rings. The first kappa shape index (κ1) is 19.5. The van der Waals surface area contributed by atoms with Crippen molar-refractivity contribution in [1.29, 1.82) is 0 Å². The number of nitrogens with zero attached hydrogens (tertiary/aromatic N) is 1. The number of nitrogens with one attached hydrogen (secondary N) is 1. The number of nitro benzene ring substituents is 1. The molecule has 0 radical (unpaired) electrons. The van der Waals surface area contributed by atoms with Gasteiger partial charge in [-0.2, -0.15) is 0 Å². The van der Waals surface area contributed by atoms with Crippen molar-refractivity contribution in [1.82, 2.24) is 0 Å². The van der Waals surface area contributed by atoms with E-state index in [-0.39, 0.29) is 10.6 Å². The van der Waals surface area contributed by atoms with Crippen molar-refractivity contribution < 1.29 is 13.3 Å². The molecule has 0 atom stereocenters. The Morgan fingerprint density at radius 3 is 2.48 bits per heavy atom. The molecule has 2 aromatic carbocycles. The van der Waals surface area contributed by atoms with Crippen molar-refractivity contribution in [2.75, 3.05) is 11.9 Å². The molecule has 0 saturated carbocycles. The molecule has 0 aromatic heterocycles. The van der Waals surface area contributed by atoms with Crippen molar-refractivity contribution in [3.63, 3.8) is 0 Å². The Morgan fingerprint density at radius 1 is 1.16 bits per heavy atom. The summed E-state index contributed by atoms with van der Waals surface area (Å²) >= 11 is 11.9. The number of benzene rings is 2. The summed E-state index contributed by atoms with van der Waals surface area (Å²) in [7, 11) is -4.04. The molecule has 134 valence electrons. The molecule has 0 unspecified atom stereocenters. The second-order valence-electron chi connectivity index (χ2n) is 5.28. The van der Waals surface area contributed by atoms with Gasteiger partial charge in [-0.3, -0.25) is 10.1 Å². The number of sulfonamides is 1. The molecule has 7 nitrogen and oxygen atoms in total. The minimum Gasteiger partial charge on any atom is -0.385 e. The highest BCUT2D eigenvalue weighted by molar-refractivity contribution is 7.89. The first-order chi connectivity index (χ1) is 11.7. The predicted octanol–water partition coefficient (Wildman–Crippen LogP) is 3.59. The number of nitro groups is 1. The molecule has 0 heterocycles. The van der Waals surface area contributed by atoms with Gasteiger partial charge >= 0.3 is 0 Å². The van der Waals surface area contributed by atoms with Crippen LogP contribution in [0.2, 0.25) is 10.0 Å². The number of primary sulfonamides is 1. The lowest BCUT2D eigenvalue weighted by molar-refractivity contribution is -0.385. The lowest BCUT2D eigenvalue weighted by Crippen LogP contribution is -2.13. The minimum absolute atomic E-state index is 0.306. The summed E-state index contributed by atoms with van der Waals surface area (Å²) in [5.74, 6) is 0. The Labute approximate surface area is 154 Å². The smallest absolute Gasteiger partial charge is 0.272 e. The maximum atomic E-state index is 11.4. The number of nitrogens with two attached hydrogens (primary N) is 1. The van der Waals surface area contributed by atoms with E-state index in [0.717, 1.165) is 11.6 Å². The van der Waals surface area contributed by atoms with Gasteiger partial charge in [-0.05, 0) is 36.6 Å². The van der Waals surface area contributed by atoms with E-state index in [1.165, 1.54) is 12.1 Å². The summed E-state index contributed by atoms with van der Waals surface area (Å²) in [4.78, 5) is 9.94. The summed E-state index contributed by atoms with van der Waals surface area (Å²) in [6.45, 7) is 0.462. The lowest BCUT2D eigenvalue weighted by atomic mass is 10.1. The molecule has 0 spiro atoms. The van der Waals surface area contributed by atoms with Gasteiger partial charge in [0.25, 0.3) is 5.69 Å². The Kier molecular flexibility index (Phi) is 6.23. The first-order valence-electron chi connectivity index (χ1n) is 7.17. The number of anilines is 1. The number of hydrogen-bond acceptors (Lipinski definition) is 5. The zero-order valence-electron chi connectivity index (χ0n) is 12.9. The molecule has 0 fully saturated rings. The largest absolute Gasteiger partial charge is 0.385 e. The Bertz CT molecular complexity index is 904. The van der Waals surface area contributed by atoms with Gasteiger partial charge in [-0.1, -0.05) is 29.3 Å². The van der Waals surface area contributed by atoms with E-state index >= 15 is 0 Å². The van der Waals surface area contributed by atoms with Crippen molar-refractivity contribution in [2.45, 2.75) is 17.7 Å². The van der Waals surface area contributed by atoms with Crippen LogP contribution >= 0.6 is 23.2 Å². The monoisotopic (exact) mass is 403 g/mol. The number of aryl methyl sites for hydroxylation is 1. The lowest BCUT2D eigenvalue weighted by Gasteiger charge is -2.09. The fraction of sp³-hybridized carbons (Fsp3) is 0.200. The standard InChI is InChI=1S/C15H15Cl2N3O4S/c16-11-4-3-10(15(17)6-11)2-1-5-19-12-7-13(20(21)22)9-14(8-12)25(18,23)24/h3-4,6-9,19H,1-2,5H2,(H2,18,23,24). The molecular weight excluding hydrogens is 389 g/mol. The Morgan fingerprint density at radius 2 is 1.88 bits per heavy atom. The second kappa shape index (κ2) is 8.01. The van der Waals surface area contributed by atoms with Crippen molar-refractivity contribution in [3.8, 4) is 0 Å². The highest BCUT2D eigenvalue weighted by atomic mass is 35.5. The van der Waals surface area contributed by atoms with Crippen molar-refractivity contribution in [3.05, 3.63) is 62.1 Å². The zero-order chi connectivity index (χ0) is 18.6. The van der Waals surface area contributed by atoms with E-state index in [0.29, 0.717) is 35.1 Å². The van der Waals surface area contributed by atoms with Gasteiger partial charge in [-0.25, -0.2) is 13.6 Å². The third-order valence-electron chi connectivity index (χ3n) is 3.40. The van der Waals surface area contributed by atoms with Crippen LogP contribution in [0.5, 0.6) is 0 Å². The summed E-state index contributed by atoms with van der Waals surface area (Å²) in [6.07, 6.45) is 1.34. The molecule has 0 aliphatic carbocycles. The SMILES string of the molecule is NS(=O)(=O)c1cc(NCCCc2ccc(Cl)cc2Cl)cc([N+](=O)[O-])c1. The van der Waals surface area contributed by atoms with Crippen LogP contribution in [-0.4, -0.2) is 19.9 Å². The third-order valence-corrected chi connectivity index (χ3v) is 4.88. The van der Waals surface area contributed by atoms with E-state index < -0.39 is 14.9 Å². The molecule has 25 heavy (non-hydrogen) atoms. The van der Waals surface area contributed by atoms with Crippen LogP contribution in [-0.2, 0) is 16.4 Å². The van der Waals surface area contributed by atoms with E-state index in [1.54, 1.807) is 12.1 Å². The van der Waals surface area contributed by atoms with E-state index in [2.05, 4.69) is 5.32 Å². The van der Waals surface area contributed by atoms with Crippen LogP contribution in [0.25, 0.3) is 0 Å². The topological polar surface area (TPSA) is 115 Å². The molecule has 3 N–H and O–H groups in total. The average Bonchev–Trinajstić information content (AvgIpc) is 2.52. The van der Waals surface area contributed by atoms with Crippen molar-refractivity contribution >= 4 is 44.6 Å². The van der Waals surface area contributed by atoms with Gasteiger partial charge in [0.15, 0.2) is 0 Å². The van der Waals surface area contributed by atoms with Crippen LogP contribution in [0.15, 0.2) is 41.3 Å². The van der Waals surface area contributed by atoms with Crippen LogP contribution in [0.3, 0.4) is 0 Å². The van der Waals surface area contributed by atoms with Crippen LogP contribution in [0.1, 0.15) is 12.0 Å². The number of non-ortho nitro benzene ring substituents is 1. The second-order valence-corrected chi connectivity index (χ2v) is 7.69. The van der Waals surface area contributed by atoms with Gasteiger partial charge in [0.2, 0.25) is 10.0 Å². The first-order valence-corrected chi connectivity index (χ1v) is 9.47. The van der Waals surface area contributed by atoms with E-state index in [9.17, 15) is 18.5 Å². The normalized spacial score (nSPS) is 11.3. The van der Waals surface area contributed by atoms with Gasteiger partial charge in [0.05, 0.1) is 9.82 Å². The maximum Gasteiger partial charge on any atom is 0.272 e. The van der Waals surface area contributed by atoms with Crippen LogP contribution in [0.4, 0.5) is 11.4 Å². The fourth-order valence-corrected chi connectivity index (χ4v) is 3.27. The van der Waals surface area contributed by atoms with Crippen LogP contribution < -0.4 is 10.5 Å². The molecule has 0 aliphatic rings. The quantitative estimate of drug-likeness (QED) is 0.416. The summed E-state index contributed by atoms with van der Waals surface area (Å²) in [5, 5.41) is 20.1. The number of hydrogen-bond donors (Lipinski definition) is 2. The summed E-state index contributed by atoms with van der Waals surface area (Å²) in [5.41, 5.74) is 0.882. The van der Waals surface area contributed by atoms with E-state index in [1.807, 2.05) is 6.07 Å². The molecule has 2 rings (SSSR count). The molecule has 0 amide bonds. The van der Waals surface area contributed by atoms with E-state index in [4.69, 9.17) is 28.3 Å². The summed E-state index contributed by atoms with van der Waals surface area (Å²) in [6, 6.07) is 8.67. The van der Waals surface area contributed by atoms with Crippen molar-refractivity contribution in [2.24, 2.45) is 5.14 Å².